The molecule has 1 atom stereocenters. The lowest BCUT2D eigenvalue weighted by Crippen LogP contribution is -2.38. The van der Waals surface area contributed by atoms with Crippen molar-refractivity contribution in [3.05, 3.63) is 23.8 Å². The van der Waals surface area contributed by atoms with Crippen LogP contribution < -0.4 is 10.3 Å². The molecule has 0 saturated carbocycles. The summed E-state index contributed by atoms with van der Waals surface area (Å²) >= 11 is 0. The number of benzene rings is 1. The lowest BCUT2D eigenvalue weighted by Gasteiger charge is -2.25. The molecule has 0 bridgehead atoms. The summed E-state index contributed by atoms with van der Waals surface area (Å²) in [6.07, 6.45) is 0.454. The summed E-state index contributed by atoms with van der Waals surface area (Å²) in [5.74, 6) is 2.26. The second-order valence-electron chi connectivity index (χ2n) is 6.26. The van der Waals surface area contributed by atoms with E-state index in [1.807, 2.05) is 25.1 Å². The Morgan fingerprint density at radius 1 is 1.29 bits per heavy atom. The highest BCUT2D eigenvalue weighted by Gasteiger charge is 2.23. The molecule has 0 aliphatic carbocycles. The molecule has 126 valence electrons. The van der Waals surface area contributed by atoms with Crippen molar-refractivity contribution in [1.29, 1.82) is 0 Å². The first kappa shape index (κ1) is 15.3. The molecule has 1 amide bonds. The molecule has 1 saturated heterocycles. The van der Waals surface area contributed by atoms with Gasteiger partial charge in [-0.3, -0.25) is 9.00 Å². The van der Waals surface area contributed by atoms with E-state index < -0.39 is 10.8 Å². The van der Waals surface area contributed by atoms with Crippen LogP contribution in [0.15, 0.2) is 23.3 Å². The number of imidazole rings is 1. The summed E-state index contributed by atoms with van der Waals surface area (Å²) in [4.78, 5) is 21.5. The number of rotatable bonds is 2. The van der Waals surface area contributed by atoms with E-state index in [2.05, 4.69) is 25.4 Å². The van der Waals surface area contributed by atoms with Crippen LogP contribution in [0.25, 0.3) is 11.0 Å². The highest BCUT2D eigenvalue weighted by Crippen LogP contribution is 2.23. The summed E-state index contributed by atoms with van der Waals surface area (Å²) in [6, 6.07) is 5.99. The molecule has 3 heterocycles. The molecule has 2 aromatic rings. The Morgan fingerprint density at radius 2 is 2.08 bits per heavy atom. The molecule has 1 aromatic carbocycles. The standard InChI is InChI=1S/C16H19N5O2S/c1-10-8-14(22)19-20-15(10)11-2-3-12-13(9-11)18-16(17-12)21-4-6-24(23)7-5-21/h2-3,9-10H,4-8H2,1H3,(H,17,18)(H,19,22). The molecule has 2 aliphatic heterocycles. The molecule has 2 aliphatic rings. The van der Waals surface area contributed by atoms with Gasteiger partial charge in [0.25, 0.3) is 0 Å². The van der Waals surface area contributed by atoms with Crippen molar-refractivity contribution in [2.24, 2.45) is 11.0 Å². The van der Waals surface area contributed by atoms with Crippen molar-refractivity contribution in [3.8, 4) is 0 Å². The van der Waals surface area contributed by atoms with Crippen LogP contribution in [0.5, 0.6) is 0 Å². The van der Waals surface area contributed by atoms with Crippen molar-refractivity contribution < 1.29 is 9.00 Å². The van der Waals surface area contributed by atoms with Crippen LogP contribution in [0.3, 0.4) is 0 Å². The fourth-order valence-corrected chi connectivity index (χ4v) is 4.21. The predicted molar refractivity (Wildman–Crippen MR) is 94.6 cm³/mol. The zero-order chi connectivity index (χ0) is 16.7. The number of fused-ring (bicyclic) bond motifs is 1. The molecular formula is C16H19N5O2S. The minimum absolute atomic E-state index is 0.0429. The van der Waals surface area contributed by atoms with E-state index in [1.165, 1.54) is 0 Å². The lowest BCUT2D eigenvalue weighted by molar-refractivity contribution is -0.121. The summed E-state index contributed by atoms with van der Waals surface area (Å²) < 4.78 is 11.5. The number of H-pyrrole nitrogens is 1. The minimum Gasteiger partial charge on any atom is -0.341 e. The minimum atomic E-state index is -0.700. The van der Waals surface area contributed by atoms with Crippen LogP contribution in [0.2, 0.25) is 0 Å². The number of aromatic nitrogens is 2. The highest BCUT2D eigenvalue weighted by atomic mass is 32.2. The number of carbonyl (C=O) groups is 1. The largest absolute Gasteiger partial charge is 0.341 e. The molecule has 4 rings (SSSR count). The molecule has 7 nitrogen and oxygen atoms in total. The lowest BCUT2D eigenvalue weighted by atomic mass is 9.94. The maximum atomic E-state index is 11.5. The number of amides is 1. The van der Waals surface area contributed by atoms with E-state index in [0.717, 1.165) is 41.3 Å². The van der Waals surface area contributed by atoms with Gasteiger partial charge in [0.2, 0.25) is 11.9 Å². The van der Waals surface area contributed by atoms with Gasteiger partial charge in [-0.05, 0) is 12.1 Å². The second kappa shape index (κ2) is 6.01. The average Bonchev–Trinajstić information content (AvgIpc) is 2.98. The number of nitrogens with zero attached hydrogens (tertiary/aromatic N) is 3. The quantitative estimate of drug-likeness (QED) is 0.849. The Balaban J connectivity index is 1.64. The van der Waals surface area contributed by atoms with Crippen LogP contribution in [0, 0.1) is 5.92 Å². The molecule has 0 radical (unpaired) electrons. The number of hydrogen-bond donors (Lipinski definition) is 2. The van der Waals surface area contributed by atoms with Gasteiger partial charge in [-0.15, -0.1) is 0 Å². The maximum absolute atomic E-state index is 11.5. The van der Waals surface area contributed by atoms with Crippen LogP contribution in [0.1, 0.15) is 18.9 Å². The third-order valence-corrected chi connectivity index (χ3v) is 5.78. The monoisotopic (exact) mass is 345 g/mol. The molecule has 8 heteroatoms. The van der Waals surface area contributed by atoms with Crippen molar-refractivity contribution in [3.63, 3.8) is 0 Å². The first-order valence-electron chi connectivity index (χ1n) is 8.06. The summed E-state index contributed by atoms with van der Waals surface area (Å²) in [5, 5.41) is 4.21. The topological polar surface area (TPSA) is 90.4 Å². The Bertz CT molecular complexity index is 849. The van der Waals surface area contributed by atoms with Gasteiger partial charge >= 0.3 is 0 Å². The van der Waals surface area contributed by atoms with E-state index >= 15 is 0 Å². The van der Waals surface area contributed by atoms with Gasteiger partial charge in [-0.25, -0.2) is 10.4 Å². The molecule has 2 N–H and O–H groups in total. The number of nitrogens with one attached hydrogen (secondary N) is 2. The summed E-state index contributed by atoms with van der Waals surface area (Å²) in [6.45, 7) is 3.53. The van der Waals surface area contributed by atoms with Crippen LogP contribution in [-0.2, 0) is 15.6 Å². The van der Waals surface area contributed by atoms with E-state index in [1.54, 1.807) is 0 Å². The number of hydrogen-bond acceptors (Lipinski definition) is 5. The van der Waals surface area contributed by atoms with E-state index in [-0.39, 0.29) is 11.8 Å². The van der Waals surface area contributed by atoms with Gasteiger partial charge in [-0.1, -0.05) is 13.0 Å². The third-order valence-electron chi connectivity index (χ3n) is 4.50. The molecule has 1 aromatic heterocycles. The zero-order valence-electron chi connectivity index (χ0n) is 13.4. The van der Waals surface area contributed by atoms with E-state index in [4.69, 9.17) is 0 Å². The van der Waals surface area contributed by atoms with Crippen molar-refractivity contribution in [2.75, 3.05) is 29.5 Å². The van der Waals surface area contributed by atoms with Gasteiger partial charge < -0.3 is 9.88 Å². The first-order valence-corrected chi connectivity index (χ1v) is 9.55. The van der Waals surface area contributed by atoms with Crippen LogP contribution >= 0.6 is 0 Å². The molecule has 0 spiro atoms. The summed E-state index contributed by atoms with van der Waals surface area (Å²) in [5.41, 5.74) is 6.28. The molecule has 1 unspecified atom stereocenters. The Kier molecular flexibility index (Phi) is 3.84. The SMILES string of the molecule is CC1CC(=O)NN=C1c1ccc2nc(N3CCS(=O)CC3)[nH]c2c1. The smallest absolute Gasteiger partial charge is 0.240 e. The van der Waals surface area contributed by atoms with Crippen molar-refractivity contribution >= 4 is 39.4 Å². The molecule has 1 fully saturated rings. The maximum Gasteiger partial charge on any atom is 0.240 e. The Morgan fingerprint density at radius 3 is 2.83 bits per heavy atom. The molecule has 24 heavy (non-hydrogen) atoms. The first-order chi connectivity index (χ1) is 11.6. The van der Waals surface area contributed by atoms with Crippen LogP contribution in [-0.4, -0.2) is 50.4 Å². The summed E-state index contributed by atoms with van der Waals surface area (Å²) in [7, 11) is -0.700. The number of anilines is 1. The normalized spacial score (nSPS) is 22.5. The van der Waals surface area contributed by atoms with E-state index in [9.17, 15) is 9.00 Å². The van der Waals surface area contributed by atoms with Gasteiger partial charge in [0.05, 0.1) is 16.7 Å². The van der Waals surface area contributed by atoms with Crippen molar-refractivity contribution in [1.82, 2.24) is 15.4 Å². The number of aromatic amines is 1. The highest BCUT2D eigenvalue weighted by molar-refractivity contribution is 7.85. The van der Waals surface area contributed by atoms with Gasteiger partial charge in [0.1, 0.15) is 0 Å². The average molecular weight is 345 g/mol. The van der Waals surface area contributed by atoms with Gasteiger partial charge in [0, 0.05) is 53.3 Å². The predicted octanol–water partition coefficient (Wildman–Crippen LogP) is 0.992. The third kappa shape index (κ3) is 2.82. The fourth-order valence-electron chi connectivity index (χ4n) is 3.16. The van der Waals surface area contributed by atoms with E-state index in [0.29, 0.717) is 17.9 Å². The number of carbonyl (C=O) groups excluding carboxylic acids is 1. The zero-order valence-corrected chi connectivity index (χ0v) is 14.2. The Labute approximate surface area is 142 Å². The number of hydrazone groups is 1. The Hall–Kier alpha value is -2.22. The van der Waals surface area contributed by atoms with Gasteiger partial charge in [0.15, 0.2) is 0 Å². The fraction of sp³-hybridized carbons (Fsp3) is 0.438. The second-order valence-corrected chi connectivity index (χ2v) is 7.96. The van der Waals surface area contributed by atoms with Crippen molar-refractivity contribution in [2.45, 2.75) is 13.3 Å². The van der Waals surface area contributed by atoms with Crippen LogP contribution in [0.4, 0.5) is 5.95 Å². The molecular weight excluding hydrogens is 326 g/mol. The van der Waals surface area contributed by atoms with Gasteiger partial charge in [-0.2, -0.15) is 5.10 Å².